The van der Waals surface area contributed by atoms with Crippen LogP contribution in [0.4, 0.5) is 0 Å². The average Bonchev–Trinajstić information content (AvgIpc) is 1.63. The largest absolute Gasteiger partial charge is 0.472 e. The average molecular weight is 1410 g/mol. The van der Waals surface area contributed by atoms with E-state index in [1.807, 2.05) is 0 Å². The van der Waals surface area contributed by atoms with Crippen molar-refractivity contribution in [1.29, 1.82) is 0 Å². The Morgan fingerprint density at radius 1 is 0.299 bits per heavy atom. The molecular formula is C79H142O16P2. The molecule has 4 N–H and O–H groups in total. The molecule has 0 aromatic carbocycles. The van der Waals surface area contributed by atoms with Crippen LogP contribution in [0.15, 0.2) is 85.1 Å². The minimum atomic E-state index is -4.92. The van der Waals surface area contributed by atoms with E-state index in [0.29, 0.717) is 19.3 Å². The van der Waals surface area contributed by atoms with Gasteiger partial charge in [0.05, 0.1) is 26.4 Å². The van der Waals surface area contributed by atoms with E-state index in [9.17, 15) is 43.5 Å². The summed E-state index contributed by atoms with van der Waals surface area (Å²) in [4.78, 5) is 58.6. The summed E-state index contributed by atoms with van der Waals surface area (Å²) in [7, 11) is -9.78. The Kier molecular flexibility index (Phi) is 70.1. The number of unbranched alkanes of at least 4 members (excludes halogenated alkanes) is 37. The Hall–Kier alpha value is -3.27. The minimum Gasteiger partial charge on any atom is -0.463 e. The van der Waals surface area contributed by atoms with Gasteiger partial charge in [-0.1, -0.05) is 311 Å². The summed E-state index contributed by atoms with van der Waals surface area (Å²) in [6.45, 7) is 2.58. The number of hydrogen-bond acceptors (Lipinski definition) is 14. The lowest BCUT2D eigenvalue weighted by Gasteiger charge is -2.21. The first-order valence-electron chi connectivity index (χ1n) is 38.9. The highest BCUT2D eigenvalue weighted by atomic mass is 31.2. The number of aliphatic hydroxyl groups is 2. The minimum absolute atomic E-state index is 0.107. The summed E-state index contributed by atoms with van der Waals surface area (Å²) in [5, 5.41) is 20.6. The second-order valence-electron chi connectivity index (χ2n) is 26.1. The van der Waals surface area contributed by atoms with Gasteiger partial charge < -0.3 is 34.2 Å². The summed E-state index contributed by atoms with van der Waals surface area (Å²) >= 11 is 0. The van der Waals surface area contributed by atoms with Gasteiger partial charge in [-0.25, -0.2) is 9.13 Å². The van der Waals surface area contributed by atoms with Gasteiger partial charge in [-0.05, 0) is 96.3 Å². The maximum Gasteiger partial charge on any atom is 0.472 e. The molecule has 5 atom stereocenters. The zero-order valence-electron chi connectivity index (χ0n) is 61.5. The molecule has 0 fully saturated rings. The number of esters is 3. The van der Waals surface area contributed by atoms with Gasteiger partial charge in [0.1, 0.15) is 25.4 Å². The van der Waals surface area contributed by atoms with Crippen LogP contribution >= 0.6 is 15.6 Å². The third-order valence-electron chi connectivity index (χ3n) is 16.6. The third-order valence-corrected chi connectivity index (χ3v) is 18.5. The Bertz CT molecular complexity index is 2110. The van der Waals surface area contributed by atoms with Gasteiger partial charge in [0.25, 0.3) is 0 Å². The van der Waals surface area contributed by atoms with Crippen molar-refractivity contribution >= 4 is 33.6 Å². The zero-order valence-corrected chi connectivity index (χ0v) is 63.3. The number of aliphatic hydroxyl groups excluding tert-OH is 2. The van der Waals surface area contributed by atoms with Gasteiger partial charge in [0.15, 0.2) is 6.10 Å². The standard InChI is InChI=1S/C79H142O16P2/c1-4-7-10-13-16-19-22-25-28-30-31-32-33-34-35-36-37-38-39-40-41-43-46-47-50-53-56-59-62-65-77(82)89-68-74(80)69-91-96(85,86)92-70-75(81)71-93-97(87,88)94-73-76(95-79(84)67-64-61-58-55-52-49-44-27-24-21-18-15-12-9-6-3)72-90-78(83)66-63-60-57-54-51-48-45-42-29-26-23-20-17-14-11-8-5-2/h8,11,16-17,19-20,25-26,28-29,31-32,34-35,74-76,80-81H,4-7,9-10,12-15,18,21-24,27,30,33,36-73H2,1-3H3,(H,85,86)(H,87,88)/b11-8-,19-16-,20-17-,28-25-,29-26-,32-31-,35-34-. The molecule has 0 aliphatic rings. The molecular weight excluding hydrogens is 1270 g/mol. The molecule has 0 aliphatic heterocycles. The zero-order chi connectivity index (χ0) is 70.9. The summed E-state index contributed by atoms with van der Waals surface area (Å²) < 4.78 is 61.1. The number of allylic oxidation sites excluding steroid dienone is 14. The van der Waals surface area contributed by atoms with Crippen LogP contribution in [-0.4, -0.2) is 95.9 Å². The number of ether oxygens (including phenoxy) is 3. The smallest absolute Gasteiger partial charge is 0.463 e. The molecule has 0 aliphatic carbocycles. The van der Waals surface area contributed by atoms with Crippen molar-refractivity contribution in [3.05, 3.63) is 85.1 Å². The molecule has 18 heteroatoms. The maximum absolute atomic E-state index is 12.9. The SMILES string of the molecule is CC/C=C\C/C=C\C/C=C\CCCCCCCCCC(=O)OCC(COP(=O)(O)OCC(O)COP(=O)(O)OCC(O)COC(=O)CCCCCCCCCCCCCCC/C=C\C/C=C\C/C=C\C/C=C\CCCCC)OC(=O)CCCCCCCCCCCCCCCCC. The molecule has 16 nitrogen and oxygen atoms in total. The van der Waals surface area contributed by atoms with Gasteiger partial charge in [-0.3, -0.25) is 32.5 Å². The van der Waals surface area contributed by atoms with E-state index < -0.39 is 91.5 Å². The molecule has 0 heterocycles. The predicted molar refractivity (Wildman–Crippen MR) is 399 cm³/mol. The molecule has 0 spiro atoms. The lowest BCUT2D eigenvalue weighted by Crippen LogP contribution is -2.30. The highest BCUT2D eigenvalue weighted by Crippen LogP contribution is 2.45. The highest BCUT2D eigenvalue weighted by molar-refractivity contribution is 7.47. The molecule has 5 unspecified atom stereocenters. The highest BCUT2D eigenvalue weighted by Gasteiger charge is 2.29. The van der Waals surface area contributed by atoms with Crippen molar-refractivity contribution < 1.29 is 75.8 Å². The van der Waals surface area contributed by atoms with E-state index in [0.717, 1.165) is 135 Å². The molecule has 0 amide bonds. The van der Waals surface area contributed by atoms with E-state index in [1.165, 1.54) is 148 Å². The van der Waals surface area contributed by atoms with Gasteiger partial charge >= 0.3 is 33.6 Å². The molecule has 0 aromatic heterocycles. The first-order chi connectivity index (χ1) is 47.2. The van der Waals surface area contributed by atoms with Crippen molar-refractivity contribution in [2.45, 2.75) is 360 Å². The van der Waals surface area contributed by atoms with Gasteiger partial charge in [0, 0.05) is 19.3 Å². The lowest BCUT2D eigenvalue weighted by molar-refractivity contribution is -0.161. The van der Waals surface area contributed by atoms with E-state index >= 15 is 0 Å². The normalized spacial score (nSPS) is 14.5. The van der Waals surface area contributed by atoms with Crippen LogP contribution in [0.1, 0.15) is 342 Å². The van der Waals surface area contributed by atoms with Crippen LogP contribution in [0.25, 0.3) is 0 Å². The van der Waals surface area contributed by atoms with Crippen LogP contribution in [-0.2, 0) is 55.8 Å². The fourth-order valence-electron chi connectivity index (χ4n) is 10.7. The van der Waals surface area contributed by atoms with E-state index in [4.69, 9.17) is 32.3 Å². The number of phosphoric acid groups is 2. The van der Waals surface area contributed by atoms with Crippen molar-refractivity contribution in [3.8, 4) is 0 Å². The second kappa shape index (κ2) is 72.5. The first kappa shape index (κ1) is 93.7. The summed E-state index contributed by atoms with van der Waals surface area (Å²) in [5.41, 5.74) is 0. The summed E-state index contributed by atoms with van der Waals surface area (Å²) in [6, 6.07) is 0. The molecule has 0 saturated heterocycles. The molecule has 564 valence electrons. The number of carbonyl (C=O) groups is 3. The van der Waals surface area contributed by atoms with E-state index in [-0.39, 0.29) is 19.3 Å². The van der Waals surface area contributed by atoms with Crippen molar-refractivity contribution in [2.24, 2.45) is 0 Å². The van der Waals surface area contributed by atoms with Crippen molar-refractivity contribution in [2.75, 3.05) is 39.6 Å². The number of phosphoric ester groups is 2. The Labute approximate surface area is 591 Å². The van der Waals surface area contributed by atoms with Crippen LogP contribution < -0.4 is 0 Å². The maximum atomic E-state index is 12.9. The van der Waals surface area contributed by atoms with Crippen molar-refractivity contribution in [3.63, 3.8) is 0 Å². The van der Waals surface area contributed by atoms with Crippen LogP contribution in [0.5, 0.6) is 0 Å². The number of hydrogen-bond donors (Lipinski definition) is 4. The molecule has 0 aromatic rings. The quantitative estimate of drug-likeness (QED) is 0.0146. The predicted octanol–water partition coefficient (Wildman–Crippen LogP) is 22.4. The van der Waals surface area contributed by atoms with E-state index in [2.05, 4.69) is 106 Å². The molecule has 0 radical (unpaired) electrons. The fraction of sp³-hybridized carbons (Fsp3) is 0.785. The molecule has 0 rings (SSSR count). The topological polar surface area (TPSA) is 231 Å². The van der Waals surface area contributed by atoms with Gasteiger partial charge in [0.2, 0.25) is 0 Å². The fourth-order valence-corrected chi connectivity index (χ4v) is 12.3. The molecule has 0 bridgehead atoms. The van der Waals surface area contributed by atoms with Crippen molar-refractivity contribution in [1.82, 2.24) is 0 Å². The monoisotopic (exact) mass is 1410 g/mol. The van der Waals surface area contributed by atoms with Crippen LogP contribution in [0, 0.1) is 0 Å². The lowest BCUT2D eigenvalue weighted by atomic mass is 10.0. The summed E-state index contributed by atoms with van der Waals surface area (Å²) in [5.74, 6) is -1.57. The Balaban J connectivity index is 4.48. The molecule has 0 saturated carbocycles. The Morgan fingerprint density at radius 2 is 0.546 bits per heavy atom. The number of carbonyl (C=O) groups excluding carboxylic acids is 3. The van der Waals surface area contributed by atoms with Crippen LogP contribution in [0.3, 0.4) is 0 Å². The molecule has 97 heavy (non-hydrogen) atoms. The third kappa shape index (κ3) is 73.8. The van der Waals surface area contributed by atoms with Gasteiger partial charge in [-0.2, -0.15) is 0 Å². The van der Waals surface area contributed by atoms with Crippen LogP contribution in [0.2, 0.25) is 0 Å². The second-order valence-corrected chi connectivity index (χ2v) is 29.0. The Morgan fingerprint density at radius 3 is 0.887 bits per heavy atom. The number of rotatable bonds is 74. The van der Waals surface area contributed by atoms with E-state index in [1.54, 1.807) is 0 Å². The summed E-state index contributed by atoms with van der Waals surface area (Å²) in [6.07, 6.45) is 80.6. The first-order valence-corrected chi connectivity index (χ1v) is 41.9. The van der Waals surface area contributed by atoms with Gasteiger partial charge in [-0.15, -0.1) is 0 Å².